The highest BCUT2D eigenvalue weighted by atomic mass is 16.3. The molecule has 0 spiro atoms. The highest BCUT2D eigenvalue weighted by Gasteiger charge is 2.21. The first-order chi connectivity index (χ1) is 16.2. The van der Waals surface area contributed by atoms with E-state index in [9.17, 15) is 0 Å². The van der Waals surface area contributed by atoms with Crippen molar-refractivity contribution in [2.45, 2.75) is 6.04 Å². The number of nitrogens with one attached hydrogen (secondary N) is 1. The Morgan fingerprint density at radius 3 is 2.70 bits per heavy atom. The van der Waals surface area contributed by atoms with Gasteiger partial charge in [-0.25, -0.2) is 9.67 Å². The van der Waals surface area contributed by atoms with E-state index in [0.29, 0.717) is 0 Å². The van der Waals surface area contributed by atoms with Crippen molar-refractivity contribution >= 4 is 27.8 Å². The van der Waals surface area contributed by atoms with Gasteiger partial charge in [0.25, 0.3) is 0 Å². The zero-order valence-electron chi connectivity index (χ0n) is 17.9. The van der Waals surface area contributed by atoms with Crippen molar-refractivity contribution in [2.24, 2.45) is 14.1 Å². The van der Waals surface area contributed by atoms with E-state index in [1.807, 2.05) is 50.8 Å². The summed E-state index contributed by atoms with van der Waals surface area (Å²) in [5.41, 5.74) is 7.83. The second-order valence-electron chi connectivity index (χ2n) is 7.79. The molecule has 0 aliphatic heterocycles. The number of rotatable bonds is 5. The lowest BCUT2D eigenvalue weighted by molar-refractivity contribution is 0.602. The van der Waals surface area contributed by atoms with Crippen molar-refractivity contribution in [2.75, 3.05) is 5.32 Å². The number of benzene rings is 2. The van der Waals surface area contributed by atoms with Crippen LogP contribution in [0.15, 0.2) is 72.1 Å². The minimum Gasteiger partial charge on any atom is -0.443 e. The number of hydrogen-bond acceptors (Lipinski definition) is 8. The molecule has 0 saturated carbocycles. The summed E-state index contributed by atoms with van der Waals surface area (Å²) in [4.78, 5) is 13.5. The SMILES string of the molecule is Cn1cc([C@@H](Nc2cc(-c3ccc4ocnc4c3)c3nccnc3c2)c2cnnn2C)cn1. The second-order valence-corrected chi connectivity index (χ2v) is 7.79. The van der Waals surface area contributed by atoms with E-state index in [1.54, 1.807) is 28.0 Å². The van der Waals surface area contributed by atoms with Crippen LogP contribution in [0.4, 0.5) is 5.69 Å². The lowest BCUT2D eigenvalue weighted by Gasteiger charge is -2.20. The largest absolute Gasteiger partial charge is 0.443 e. The summed E-state index contributed by atoms with van der Waals surface area (Å²) in [5.74, 6) is 0. The first kappa shape index (κ1) is 19.1. The number of aryl methyl sites for hydroxylation is 2. The molecular formula is C23H19N9O. The molecule has 0 fully saturated rings. The molecular weight excluding hydrogens is 418 g/mol. The molecule has 6 rings (SSSR count). The van der Waals surface area contributed by atoms with E-state index in [4.69, 9.17) is 4.42 Å². The Labute approximate surface area is 187 Å². The Kier molecular flexibility index (Phi) is 4.35. The molecule has 0 aliphatic rings. The average Bonchev–Trinajstić information content (AvgIpc) is 3.57. The van der Waals surface area contributed by atoms with Gasteiger partial charge in [-0.05, 0) is 29.8 Å². The zero-order chi connectivity index (χ0) is 22.4. The second kappa shape index (κ2) is 7.52. The van der Waals surface area contributed by atoms with Gasteiger partial charge in [0.15, 0.2) is 12.0 Å². The molecule has 0 radical (unpaired) electrons. The lowest BCUT2D eigenvalue weighted by Crippen LogP contribution is -2.16. The summed E-state index contributed by atoms with van der Waals surface area (Å²) in [6.45, 7) is 0. The molecule has 1 N–H and O–H groups in total. The monoisotopic (exact) mass is 437 g/mol. The minimum atomic E-state index is -0.210. The van der Waals surface area contributed by atoms with E-state index in [0.717, 1.165) is 50.2 Å². The van der Waals surface area contributed by atoms with Gasteiger partial charge in [-0.1, -0.05) is 11.3 Å². The Hall–Kier alpha value is -4.60. The van der Waals surface area contributed by atoms with E-state index in [1.165, 1.54) is 6.39 Å². The summed E-state index contributed by atoms with van der Waals surface area (Å²) in [6, 6.07) is 9.78. The fourth-order valence-corrected chi connectivity index (χ4v) is 4.05. The number of oxazole rings is 1. The fraction of sp³-hybridized carbons (Fsp3) is 0.130. The van der Waals surface area contributed by atoms with Crippen LogP contribution >= 0.6 is 0 Å². The molecule has 2 aromatic carbocycles. The van der Waals surface area contributed by atoms with Crippen molar-refractivity contribution in [3.05, 3.63) is 79.0 Å². The summed E-state index contributed by atoms with van der Waals surface area (Å²) in [7, 11) is 3.77. The predicted molar refractivity (Wildman–Crippen MR) is 122 cm³/mol. The van der Waals surface area contributed by atoms with Crippen molar-refractivity contribution in [3.8, 4) is 11.1 Å². The third-order valence-corrected chi connectivity index (χ3v) is 5.63. The van der Waals surface area contributed by atoms with Crippen LogP contribution in [-0.2, 0) is 14.1 Å². The topological polar surface area (TPSA) is 112 Å². The third-order valence-electron chi connectivity index (χ3n) is 5.63. The molecule has 0 saturated heterocycles. The summed E-state index contributed by atoms with van der Waals surface area (Å²) in [6.07, 6.45) is 10.4. The number of aromatic nitrogens is 8. The van der Waals surface area contributed by atoms with Crippen LogP contribution in [0.25, 0.3) is 33.3 Å². The van der Waals surface area contributed by atoms with Crippen molar-refractivity contribution in [1.82, 2.24) is 39.7 Å². The minimum absolute atomic E-state index is 0.210. The number of hydrogen-bond donors (Lipinski definition) is 1. The van der Waals surface area contributed by atoms with E-state index in [2.05, 4.69) is 41.7 Å². The average molecular weight is 437 g/mol. The number of nitrogens with zero attached hydrogens (tertiary/aromatic N) is 8. The van der Waals surface area contributed by atoms with E-state index in [-0.39, 0.29) is 6.04 Å². The highest BCUT2D eigenvalue weighted by molar-refractivity contribution is 5.96. The first-order valence-corrected chi connectivity index (χ1v) is 10.3. The van der Waals surface area contributed by atoms with Crippen LogP contribution in [0.5, 0.6) is 0 Å². The zero-order valence-corrected chi connectivity index (χ0v) is 17.9. The van der Waals surface area contributed by atoms with Gasteiger partial charge >= 0.3 is 0 Å². The van der Waals surface area contributed by atoms with Crippen LogP contribution in [0.1, 0.15) is 17.3 Å². The molecule has 162 valence electrons. The smallest absolute Gasteiger partial charge is 0.181 e. The highest BCUT2D eigenvalue weighted by Crippen LogP contribution is 2.34. The lowest BCUT2D eigenvalue weighted by atomic mass is 10.0. The van der Waals surface area contributed by atoms with Gasteiger partial charge in [0.2, 0.25) is 0 Å². The quantitative estimate of drug-likeness (QED) is 0.436. The Bertz CT molecular complexity index is 1600. The first-order valence-electron chi connectivity index (χ1n) is 10.3. The Balaban J connectivity index is 1.50. The van der Waals surface area contributed by atoms with Gasteiger partial charge in [-0.15, -0.1) is 5.10 Å². The van der Waals surface area contributed by atoms with Crippen LogP contribution in [-0.4, -0.2) is 39.7 Å². The molecule has 10 nitrogen and oxygen atoms in total. The summed E-state index contributed by atoms with van der Waals surface area (Å²) < 4.78 is 8.93. The molecule has 6 aromatic rings. The maximum atomic E-state index is 5.40. The molecule has 0 amide bonds. The van der Waals surface area contributed by atoms with Gasteiger partial charge in [0, 0.05) is 49.5 Å². The molecule has 33 heavy (non-hydrogen) atoms. The van der Waals surface area contributed by atoms with Crippen LogP contribution in [0.2, 0.25) is 0 Å². The van der Waals surface area contributed by atoms with Gasteiger partial charge < -0.3 is 9.73 Å². The molecule has 10 heteroatoms. The van der Waals surface area contributed by atoms with Gasteiger partial charge in [-0.3, -0.25) is 14.6 Å². The normalized spacial score (nSPS) is 12.4. The maximum Gasteiger partial charge on any atom is 0.181 e. The number of anilines is 1. The predicted octanol–water partition coefficient (Wildman–Crippen LogP) is 3.50. The Morgan fingerprint density at radius 2 is 1.88 bits per heavy atom. The van der Waals surface area contributed by atoms with E-state index >= 15 is 0 Å². The molecule has 4 aromatic heterocycles. The van der Waals surface area contributed by atoms with E-state index < -0.39 is 0 Å². The van der Waals surface area contributed by atoms with Crippen LogP contribution < -0.4 is 5.32 Å². The third kappa shape index (κ3) is 3.37. The number of fused-ring (bicyclic) bond motifs is 2. The summed E-state index contributed by atoms with van der Waals surface area (Å²) >= 11 is 0. The standard InChI is InChI=1S/C23H19N9O/c1-31-12-15(10-28-31)22(20-11-27-30-32(20)2)29-16-8-17(23-19(9-16)24-5-6-25-23)14-3-4-21-18(7-14)26-13-33-21/h3-13,22,29H,1-2H3/t22-/m1/s1. The maximum absolute atomic E-state index is 5.40. The molecule has 0 unspecified atom stereocenters. The Morgan fingerprint density at radius 1 is 0.970 bits per heavy atom. The fourth-order valence-electron chi connectivity index (χ4n) is 4.05. The molecule has 0 aliphatic carbocycles. The van der Waals surface area contributed by atoms with Crippen LogP contribution in [0, 0.1) is 0 Å². The van der Waals surface area contributed by atoms with Crippen molar-refractivity contribution in [1.29, 1.82) is 0 Å². The molecule has 0 bridgehead atoms. The van der Waals surface area contributed by atoms with Gasteiger partial charge in [0.05, 0.1) is 35.2 Å². The van der Waals surface area contributed by atoms with Gasteiger partial charge in [-0.2, -0.15) is 5.10 Å². The van der Waals surface area contributed by atoms with Crippen molar-refractivity contribution < 1.29 is 4.42 Å². The van der Waals surface area contributed by atoms with Crippen LogP contribution in [0.3, 0.4) is 0 Å². The van der Waals surface area contributed by atoms with Crippen molar-refractivity contribution in [3.63, 3.8) is 0 Å². The summed E-state index contributed by atoms with van der Waals surface area (Å²) in [5, 5.41) is 16.2. The van der Waals surface area contributed by atoms with Gasteiger partial charge in [0.1, 0.15) is 5.52 Å². The molecule has 4 heterocycles. The molecule has 1 atom stereocenters.